The topological polar surface area (TPSA) is 46.3 Å². The molecule has 3 unspecified atom stereocenters. The molecule has 1 saturated carbocycles. The molecule has 3 nitrogen and oxygen atoms in total. The van der Waals surface area contributed by atoms with E-state index in [4.69, 9.17) is 5.73 Å². The van der Waals surface area contributed by atoms with Gasteiger partial charge in [-0.2, -0.15) is 0 Å². The highest BCUT2D eigenvalue weighted by Gasteiger charge is 2.42. The molecule has 0 saturated heterocycles. The Kier molecular flexibility index (Phi) is 3.92. The number of hydrogen-bond acceptors (Lipinski definition) is 2. The standard InChI is InChI=1S/C18H26N2O/c1-12(2)9-10-20-16-6-4-3-5-14(16)15-11-13(18(19)21)7-8-17(15)20/h3-6,12-13,15,17H,7-11H2,1-2H3,(H2,19,21). The highest BCUT2D eigenvalue weighted by molar-refractivity contribution is 5.77. The maximum atomic E-state index is 11.6. The second-order valence-corrected chi connectivity index (χ2v) is 7.02. The number of nitrogens with zero attached hydrogens (tertiary/aromatic N) is 1. The first-order valence-corrected chi connectivity index (χ1v) is 8.22. The SMILES string of the molecule is CC(C)CCN1c2ccccc2C2CC(C(N)=O)CCC21. The van der Waals surface area contributed by atoms with Gasteiger partial charge < -0.3 is 10.6 Å². The van der Waals surface area contributed by atoms with Gasteiger partial charge in [0.1, 0.15) is 0 Å². The van der Waals surface area contributed by atoms with Gasteiger partial charge in [0.2, 0.25) is 5.91 Å². The largest absolute Gasteiger partial charge is 0.369 e. The van der Waals surface area contributed by atoms with E-state index in [1.54, 1.807) is 0 Å². The van der Waals surface area contributed by atoms with Crippen LogP contribution in [-0.2, 0) is 4.79 Å². The fourth-order valence-electron chi connectivity index (χ4n) is 4.05. The van der Waals surface area contributed by atoms with E-state index < -0.39 is 0 Å². The van der Waals surface area contributed by atoms with Crippen LogP contribution >= 0.6 is 0 Å². The van der Waals surface area contributed by atoms with Gasteiger partial charge >= 0.3 is 0 Å². The van der Waals surface area contributed by atoms with Gasteiger partial charge in [0.25, 0.3) is 0 Å². The van der Waals surface area contributed by atoms with E-state index in [2.05, 4.69) is 43.0 Å². The summed E-state index contributed by atoms with van der Waals surface area (Å²) in [6.07, 6.45) is 4.18. The third-order valence-electron chi connectivity index (χ3n) is 5.21. The molecule has 3 heteroatoms. The summed E-state index contributed by atoms with van der Waals surface area (Å²) in [5, 5.41) is 0. The maximum Gasteiger partial charge on any atom is 0.220 e. The van der Waals surface area contributed by atoms with Crippen LogP contribution in [0.3, 0.4) is 0 Å². The predicted molar refractivity (Wildman–Crippen MR) is 86.3 cm³/mol. The number of rotatable bonds is 4. The van der Waals surface area contributed by atoms with Crippen molar-refractivity contribution in [2.45, 2.75) is 51.5 Å². The zero-order chi connectivity index (χ0) is 15.0. The van der Waals surface area contributed by atoms with Gasteiger partial charge in [-0.1, -0.05) is 32.0 Å². The third-order valence-corrected chi connectivity index (χ3v) is 5.21. The van der Waals surface area contributed by atoms with Crippen molar-refractivity contribution >= 4 is 11.6 Å². The highest BCUT2D eigenvalue weighted by atomic mass is 16.1. The van der Waals surface area contributed by atoms with Crippen LogP contribution in [0.2, 0.25) is 0 Å². The van der Waals surface area contributed by atoms with Gasteiger partial charge in [-0.3, -0.25) is 4.79 Å². The summed E-state index contributed by atoms with van der Waals surface area (Å²) in [5.41, 5.74) is 8.37. The smallest absolute Gasteiger partial charge is 0.220 e. The minimum absolute atomic E-state index is 0.0596. The van der Waals surface area contributed by atoms with Crippen LogP contribution in [0.25, 0.3) is 0 Å². The average molecular weight is 286 g/mol. The van der Waals surface area contributed by atoms with Gasteiger partial charge in [0.15, 0.2) is 0 Å². The first kappa shape index (κ1) is 14.4. The molecule has 3 atom stereocenters. The number of carbonyl (C=O) groups is 1. The second-order valence-electron chi connectivity index (χ2n) is 7.02. The number of fused-ring (bicyclic) bond motifs is 3. The quantitative estimate of drug-likeness (QED) is 0.923. The Balaban J connectivity index is 1.86. The first-order valence-electron chi connectivity index (χ1n) is 8.22. The van der Waals surface area contributed by atoms with Crippen molar-refractivity contribution in [2.75, 3.05) is 11.4 Å². The zero-order valence-electron chi connectivity index (χ0n) is 13.1. The van der Waals surface area contributed by atoms with Crippen LogP contribution in [0.1, 0.15) is 51.0 Å². The molecule has 1 aliphatic carbocycles. The lowest BCUT2D eigenvalue weighted by Crippen LogP contribution is -2.41. The molecule has 0 spiro atoms. The molecule has 1 aromatic rings. The number of carbonyl (C=O) groups excluding carboxylic acids is 1. The summed E-state index contributed by atoms with van der Waals surface area (Å²) in [6.45, 7) is 5.68. The molecule has 2 aliphatic rings. The summed E-state index contributed by atoms with van der Waals surface area (Å²) in [7, 11) is 0. The molecule has 1 fully saturated rings. The average Bonchev–Trinajstić information content (AvgIpc) is 2.78. The Morgan fingerprint density at radius 1 is 1.33 bits per heavy atom. The number of benzene rings is 1. The van der Waals surface area contributed by atoms with Crippen LogP contribution in [0, 0.1) is 11.8 Å². The first-order chi connectivity index (χ1) is 10.1. The molecule has 1 aliphatic heterocycles. The van der Waals surface area contributed by atoms with Crippen LogP contribution in [0.5, 0.6) is 0 Å². The minimum Gasteiger partial charge on any atom is -0.369 e. The predicted octanol–water partition coefficient (Wildman–Crippen LogP) is 3.29. The number of amides is 1. The molecule has 114 valence electrons. The minimum atomic E-state index is -0.119. The summed E-state index contributed by atoms with van der Waals surface area (Å²) < 4.78 is 0. The zero-order valence-corrected chi connectivity index (χ0v) is 13.1. The van der Waals surface area contributed by atoms with Crippen molar-refractivity contribution in [2.24, 2.45) is 17.6 Å². The lowest BCUT2D eigenvalue weighted by Gasteiger charge is -2.36. The molecule has 0 bridgehead atoms. The fraction of sp³-hybridized carbons (Fsp3) is 0.611. The molecule has 3 rings (SSSR count). The molecule has 1 amide bonds. The second kappa shape index (κ2) is 5.70. The Hall–Kier alpha value is -1.51. The van der Waals surface area contributed by atoms with E-state index in [1.165, 1.54) is 17.7 Å². The van der Waals surface area contributed by atoms with Gasteiger partial charge in [-0.25, -0.2) is 0 Å². The van der Waals surface area contributed by atoms with Crippen molar-refractivity contribution < 1.29 is 4.79 Å². The van der Waals surface area contributed by atoms with Crippen molar-refractivity contribution in [3.05, 3.63) is 29.8 Å². The molecule has 1 aromatic carbocycles. The normalized spacial score (nSPS) is 27.6. The van der Waals surface area contributed by atoms with E-state index in [1.807, 2.05) is 0 Å². The van der Waals surface area contributed by atoms with Crippen LogP contribution in [-0.4, -0.2) is 18.5 Å². The Morgan fingerprint density at radius 3 is 2.81 bits per heavy atom. The van der Waals surface area contributed by atoms with E-state index >= 15 is 0 Å². The summed E-state index contributed by atoms with van der Waals surface area (Å²) in [4.78, 5) is 14.2. The molecular weight excluding hydrogens is 260 g/mol. The van der Waals surface area contributed by atoms with Crippen LogP contribution < -0.4 is 10.6 Å². The summed E-state index contributed by atoms with van der Waals surface area (Å²) in [6, 6.07) is 9.30. The molecule has 21 heavy (non-hydrogen) atoms. The van der Waals surface area contributed by atoms with Crippen molar-refractivity contribution in [1.82, 2.24) is 0 Å². The van der Waals surface area contributed by atoms with Gasteiger partial charge in [-0.05, 0) is 43.2 Å². The molecule has 2 N–H and O–H groups in total. The number of hydrogen-bond donors (Lipinski definition) is 1. The Bertz CT molecular complexity index is 526. The van der Waals surface area contributed by atoms with Crippen molar-refractivity contribution in [1.29, 1.82) is 0 Å². The summed E-state index contributed by atoms with van der Waals surface area (Å²) in [5.74, 6) is 1.15. The number of nitrogens with two attached hydrogens (primary N) is 1. The molecule has 0 aromatic heterocycles. The molecular formula is C18H26N2O. The number of para-hydroxylation sites is 1. The van der Waals surface area contributed by atoms with E-state index in [0.717, 1.165) is 31.7 Å². The van der Waals surface area contributed by atoms with E-state index in [0.29, 0.717) is 12.0 Å². The van der Waals surface area contributed by atoms with Crippen molar-refractivity contribution in [3.8, 4) is 0 Å². The Morgan fingerprint density at radius 2 is 2.10 bits per heavy atom. The van der Waals surface area contributed by atoms with E-state index in [-0.39, 0.29) is 11.8 Å². The van der Waals surface area contributed by atoms with Gasteiger partial charge in [0, 0.05) is 30.1 Å². The number of primary amides is 1. The molecule has 1 heterocycles. The van der Waals surface area contributed by atoms with Crippen LogP contribution in [0.15, 0.2) is 24.3 Å². The van der Waals surface area contributed by atoms with Crippen molar-refractivity contribution in [3.63, 3.8) is 0 Å². The van der Waals surface area contributed by atoms with Gasteiger partial charge in [-0.15, -0.1) is 0 Å². The lowest BCUT2D eigenvalue weighted by atomic mass is 9.76. The third kappa shape index (κ3) is 2.66. The summed E-state index contributed by atoms with van der Waals surface area (Å²) >= 11 is 0. The van der Waals surface area contributed by atoms with E-state index in [9.17, 15) is 4.79 Å². The number of anilines is 1. The maximum absolute atomic E-state index is 11.6. The van der Waals surface area contributed by atoms with Gasteiger partial charge in [0.05, 0.1) is 0 Å². The lowest BCUT2D eigenvalue weighted by molar-refractivity contribution is -0.122. The van der Waals surface area contributed by atoms with Crippen LogP contribution in [0.4, 0.5) is 5.69 Å². The fourth-order valence-corrected chi connectivity index (χ4v) is 4.05. The highest BCUT2D eigenvalue weighted by Crippen LogP contribution is 2.49. The Labute approximate surface area is 127 Å². The molecule has 0 radical (unpaired) electrons. The monoisotopic (exact) mass is 286 g/mol.